The smallest absolute Gasteiger partial charge is 0.252 e. The second-order valence-corrected chi connectivity index (χ2v) is 19.5. The molecule has 0 amide bonds. The second kappa shape index (κ2) is 12.8. The summed E-state index contributed by atoms with van der Waals surface area (Å²) in [6.45, 7) is 20.9. The van der Waals surface area contributed by atoms with Crippen LogP contribution in [0.3, 0.4) is 0 Å². The Balaban J connectivity index is 1.20. The lowest BCUT2D eigenvalue weighted by Gasteiger charge is -2.45. The fourth-order valence-electron chi connectivity index (χ4n) is 9.35. The fraction of sp³-hybridized carbons (Fsp3) is 0.222. The highest BCUT2D eigenvalue weighted by molar-refractivity contribution is 7.00. The first-order valence-corrected chi connectivity index (χ1v) is 20.8. The van der Waals surface area contributed by atoms with Crippen LogP contribution in [0.25, 0.3) is 33.1 Å². The number of hydrogen-bond donors (Lipinski definition) is 0. The zero-order valence-corrected chi connectivity index (χ0v) is 35.2. The minimum atomic E-state index is -0.00876. The van der Waals surface area contributed by atoms with Gasteiger partial charge in [-0.3, -0.25) is 0 Å². The normalized spacial score (nSPS) is 13.8. The Morgan fingerprint density at radius 1 is 0.431 bits per heavy atom. The van der Waals surface area contributed by atoms with Crippen LogP contribution in [0, 0.1) is 0 Å². The van der Waals surface area contributed by atoms with Crippen molar-refractivity contribution in [3.63, 3.8) is 0 Å². The van der Waals surface area contributed by atoms with Gasteiger partial charge in [-0.2, -0.15) is 0 Å². The molecule has 2 aliphatic rings. The molecule has 10 rings (SSSR count). The summed E-state index contributed by atoms with van der Waals surface area (Å²) in [6, 6.07) is 54.5. The van der Waals surface area contributed by atoms with Gasteiger partial charge in [-0.1, -0.05) is 147 Å². The maximum atomic E-state index is 6.28. The van der Waals surface area contributed by atoms with Gasteiger partial charge in [0.2, 0.25) is 0 Å². The first kappa shape index (κ1) is 36.4. The third-order valence-electron chi connectivity index (χ3n) is 12.6. The van der Waals surface area contributed by atoms with E-state index in [4.69, 9.17) is 4.42 Å². The number of hydrogen-bond acceptors (Lipinski definition) is 3. The van der Waals surface area contributed by atoms with E-state index in [0.717, 1.165) is 27.6 Å². The molecule has 0 saturated carbocycles. The van der Waals surface area contributed by atoms with Gasteiger partial charge in [0, 0.05) is 44.9 Å². The molecule has 2 aliphatic heterocycles. The van der Waals surface area contributed by atoms with Crippen LogP contribution in [0.5, 0.6) is 0 Å². The molecule has 4 heteroatoms. The van der Waals surface area contributed by atoms with Crippen molar-refractivity contribution in [3.8, 4) is 11.1 Å². The molecule has 3 heterocycles. The summed E-state index contributed by atoms with van der Waals surface area (Å²) in [5.41, 5.74) is 19.6. The van der Waals surface area contributed by atoms with Crippen molar-refractivity contribution in [2.45, 2.75) is 78.6 Å². The van der Waals surface area contributed by atoms with Gasteiger partial charge in [0.1, 0.15) is 11.2 Å². The third kappa shape index (κ3) is 5.71. The van der Waals surface area contributed by atoms with Gasteiger partial charge in [-0.15, -0.1) is 0 Å². The van der Waals surface area contributed by atoms with Crippen molar-refractivity contribution in [2.75, 3.05) is 9.80 Å². The Kier molecular flexibility index (Phi) is 7.99. The topological polar surface area (TPSA) is 19.6 Å². The number of nitrogens with zero attached hydrogens (tertiary/aromatic N) is 2. The van der Waals surface area contributed by atoms with E-state index in [1.165, 1.54) is 72.6 Å². The van der Waals surface area contributed by atoms with Gasteiger partial charge in [0.25, 0.3) is 6.71 Å². The minimum Gasteiger partial charge on any atom is -0.456 e. The van der Waals surface area contributed by atoms with Crippen molar-refractivity contribution in [3.05, 3.63) is 162 Å². The predicted octanol–water partition coefficient (Wildman–Crippen LogP) is 13.2. The Labute approximate surface area is 344 Å². The van der Waals surface area contributed by atoms with E-state index in [2.05, 4.69) is 212 Å². The first-order chi connectivity index (χ1) is 27.7. The number of furan rings is 1. The van der Waals surface area contributed by atoms with Crippen LogP contribution in [0.15, 0.2) is 150 Å². The summed E-state index contributed by atoms with van der Waals surface area (Å²) in [5, 5.41) is 2.30. The van der Waals surface area contributed by atoms with E-state index in [9.17, 15) is 0 Å². The van der Waals surface area contributed by atoms with Gasteiger partial charge in [0.05, 0.1) is 0 Å². The number of para-hydroxylation sites is 1. The lowest BCUT2D eigenvalue weighted by molar-refractivity contribution is 0.590. The molecule has 0 aliphatic carbocycles. The molecule has 0 bridgehead atoms. The maximum Gasteiger partial charge on any atom is 0.252 e. The number of benzene rings is 7. The van der Waals surface area contributed by atoms with Gasteiger partial charge in [0.15, 0.2) is 0 Å². The van der Waals surface area contributed by atoms with E-state index in [0.29, 0.717) is 0 Å². The summed E-state index contributed by atoms with van der Waals surface area (Å²) in [7, 11) is 0. The monoisotopic (exact) mass is 754 g/mol. The van der Waals surface area contributed by atoms with Crippen molar-refractivity contribution < 1.29 is 4.42 Å². The van der Waals surface area contributed by atoms with Crippen LogP contribution in [-0.4, -0.2) is 6.71 Å². The van der Waals surface area contributed by atoms with Gasteiger partial charge >= 0.3 is 0 Å². The van der Waals surface area contributed by atoms with Crippen molar-refractivity contribution >= 4 is 79.2 Å². The molecule has 7 aromatic carbocycles. The molecule has 286 valence electrons. The lowest BCUT2D eigenvalue weighted by Crippen LogP contribution is -2.61. The molecule has 58 heavy (non-hydrogen) atoms. The summed E-state index contributed by atoms with van der Waals surface area (Å²) in [6.07, 6.45) is 0. The summed E-state index contributed by atoms with van der Waals surface area (Å²) < 4.78 is 6.28. The molecule has 0 N–H and O–H groups in total. The average molecular weight is 755 g/mol. The quantitative estimate of drug-likeness (QED) is 0.168. The number of anilines is 6. The zero-order chi connectivity index (χ0) is 40.3. The highest BCUT2D eigenvalue weighted by Gasteiger charge is 2.44. The molecular weight excluding hydrogens is 703 g/mol. The van der Waals surface area contributed by atoms with Crippen LogP contribution < -0.4 is 26.2 Å². The van der Waals surface area contributed by atoms with E-state index in [1.807, 2.05) is 6.07 Å². The Morgan fingerprint density at radius 3 is 1.47 bits per heavy atom. The minimum absolute atomic E-state index is 0.000373. The molecule has 3 nitrogen and oxygen atoms in total. The third-order valence-corrected chi connectivity index (χ3v) is 12.6. The van der Waals surface area contributed by atoms with Crippen LogP contribution in [0.1, 0.15) is 79.0 Å². The molecule has 0 unspecified atom stereocenters. The van der Waals surface area contributed by atoms with Crippen molar-refractivity contribution in [1.29, 1.82) is 0 Å². The highest BCUT2D eigenvalue weighted by atomic mass is 16.3. The summed E-state index contributed by atoms with van der Waals surface area (Å²) >= 11 is 0. The van der Waals surface area contributed by atoms with E-state index < -0.39 is 0 Å². The second-order valence-electron chi connectivity index (χ2n) is 19.5. The van der Waals surface area contributed by atoms with Gasteiger partial charge in [-0.25, -0.2) is 0 Å². The van der Waals surface area contributed by atoms with Gasteiger partial charge in [-0.05, 0) is 121 Å². The van der Waals surface area contributed by atoms with Crippen molar-refractivity contribution in [2.24, 2.45) is 0 Å². The van der Waals surface area contributed by atoms with Crippen molar-refractivity contribution in [1.82, 2.24) is 0 Å². The fourth-order valence-corrected chi connectivity index (χ4v) is 9.35. The predicted molar refractivity (Wildman–Crippen MR) is 249 cm³/mol. The molecule has 0 fully saturated rings. The van der Waals surface area contributed by atoms with Crippen LogP contribution in [0.4, 0.5) is 34.1 Å². The van der Waals surface area contributed by atoms with E-state index >= 15 is 0 Å². The van der Waals surface area contributed by atoms with E-state index in [1.54, 1.807) is 0 Å². The molecule has 0 atom stereocenters. The van der Waals surface area contributed by atoms with Crippen LogP contribution >= 0.6 is 0 Å². The molecule has 8 aromatic rings. The number of rotatable bonds is 3. The first-order valence-electron chi connectivity index (χ1n) is 20.8. The van der Waals surface area contributed by atoms with Gasteiger partial charge < -0.3 is 14.2 Å². The molecule has 0 saturated heterocycles. The molecule has 1 aromatic heterocycles. The number of fused-ring (bicyclic) bond motifs is 7. The van der Waals surface area contributed by atoms with E-state index in [-0.39, 0.29) is 23.0 Å². The zero-order valence-electron chi connectivity index (χ0n) is 35.2. The molecule has 0 spiro atoms. The van der Waals surface area contributed by atoms with Crippen LogP contribution in [0.2, 0.25) is 0 Å². The highest BCUT2D eigenvalue weighted by Crippen LogP contribution is 2.46. The molecule has 0 radical (unpaired) electrons. The Hall–Kier alpha value is -6.00. The largest absolute Gasteiger partial charge is 0.456 e. The summed E-state index contributed by atoms with van der Waals surface area (Å²) in [4.78, 5) is 5.02. The lowest BCUT2D eigenvalue weighted by atomic mass is 9.33. The average Bonchev–Trinajstić information content (AvgIpc) is 3.59. The standard InChI is InChI=1S/C54H51BN2O/c1-52(2,3)35-22-28-39(29-23-35)57-45-31-25-37(54(7,8)9)33-43(45)55-42-32-36(53(4,5)6)24-30-44(42)56(46-16-13-17-47(57)51(46)55)38-26-20-34(21-27-38)40-15-12-19-49-50(40)41-14-10-11-18-48(41)58-49/h10-33H,1-9H3. The molecular formula is C54H51BN2O. The Morgan fingerprint density at radius 2 is 0.914 bits per heavy atom. The maximum absolute atomic E-state index is 6.28. The Bertz CT molecular complexity index is 2900. The summed E-state index contributed by atoms with van der Waals surface area (Å²) in [5.74, 6) is 0. The van der Waals surface area contributed by atoms with Crippen LogP contribution in [-0.2, 0) is 16.2 Å². The SMILES string of the molecule is CC(C)(C)c1ccc(N2c3ccc(C(C)(C)C)cc3B3c4cc(C(C)(C)C)ccc4N(c4ccc(-c5cccc6oc7ccccc7c56)cc4)c4cccc2c43)cc1.